The molecule has 33 heavy (non-hydrogen) atoms. The topological polar surface area (TPSA) is 40.6 Å². The standard InChI is InChI=1S/C26H19BrN2O2S2/c27-19-11-12-21-20(15-19)22(24(30)29(21)16-18-9-5-2-6-10-18)23-25(31)28(26(32)33-23)14-13-17-7-3-1-4-8-17/h1-12,15H,13-14,16H2. The molecule has 0 aromatic heterocycles. The molecule has 2 amide bonds. The minimum atomic E-state index is -0.197. The molecule has 164 valence electrons. The molecule has 0 radical (unpaired) electrons. The van der Waals surface area contributed by atoms with Crippen molar-refractivity contribution >= 4 is 67.3 Å². The van der Waals surface area contributed by atoms with E-state index >= 15 is 0 Å². The van der Waals surface area contributed by atoms with Gasteiger partial charge in [-0.25, -0.2) is 0 Å². The molecule has 2 aliphatic rings. The zero-order chi connectivity index (χ0) is 22.9. The minimum absolute atomic E-state index is 0.171. The molecule has 0 N–H and O–H groups in total. The smallest absolute Gasteiger partial charge is 0.267 e. The van der Waals surface area contributed by atoms with Crippen molar-refractivity contribution in [2.75, 3.05) is 11.4 Å². The highest BCUT2D eigenvalue weighted by molar-refractivity contribution is 9.10. The molecular formula is C26H19BrN2O2S2. The average Bonchev–Trinajstić information content (AvgIpc) is 3.25. The van der Waals surface area contributed by atoms with Gasteiger partial charge in [0.2, 0.25) is 0 Å². The van der Waals surface area contributed by atoms with Gasteiger partial charge in [-0.3, -0.25) is 14.5 Å². The summed E-state index contributed by atoms with van der Waals surface area (Å²) in [5.74, 6) is -0.368. The number of halogens is 1. The number of thioether (sulfide) groups is 1. The normalized spacial score (nSPS) is 17.8. The number of hydrogen-bond donors (Lipinski definition) is 0. The lowest BCUT2D eigenvalue weighted by atomic mass is 10.1. The van der Waals surface area contributed by atoms with Gasteiger partial charge in [0.25, 0.3) is 11.8 Å². The fraction of sp³-hybridized carbons (Fsp3) is 0.115. The van der Waals surface area contributed by atoms with Crippen molar-refractivity contribution in [1.29, 1.82) is 0 Å². The summed E-state index contributed by atoms with van der Waals surface area (Å²) in [6.07, 6.45) is 0.701. The summed E-state index contributed by atoms with van der Waals surface area (Å²) >= 11 is 10.3. The highest BCUT2D eigenvalue weighted by atomic mass is 79.9. The lowest BCUT2D eigenvalue weighted by molar-refractivity contribution is -0.122. The van der Waals surface area contributed by atoms with Crippen LogP contribution in [0, 0.1) is 0 Å². The van der Waals surface area contributed by atoms with E-state index in [0.717, 1.165) is 26.9 Å². The quantitative estimate of drug-likeness (QED) is 0.306. The van der Waals surface area contributed by atoms with Crippen LogP contribution in [0.15, 0.2) is 88.2 Å². The first-order valence-corrected chi connectivity index (χ1v) is 12.5. The lowest BCUT2D eigenvalue weighted by Gasteiger charge is -2.17. The summed E-state index contributed by atoms with van der Waals surface area (Å²) in [5, 5.41) is 0. The van der Waals surface area contributed by atoms with Crippen LogP contribution in [-0.2, 0) is 22.6 Å². The van der Waals surface area contributed by atoms with Crippen molar-refractivity contribution in [3.63, 3.8) is 0 Å². The van der Waals surface area contributed by atoms with Crippen LogP contribution in [0.1, 0.15) is 16.7 Å². The van der Waals surface area contributed by atoms with Crippen LogP contribution in [0.2, 0.25) is 0 Å². The summed E-state index contributed by atoms with van der Waals surface area (Å²) < 4.78 is 1.34. The Bertz CT molecular complexity index is 1290. The summed E-state index contributed by atoms with van der Waals surface area (Å²) in [4.78, 5) is 30.8. The Kier molecular flexibility index (Phi) is 6.19. The molecule has 7 heteroatoms. The highest BCUT2D eigenvalue weighted by Crippen LogP contribution is 2.45. The number of carbonyl (C=O) groups excluding carboxylic acids is 2. The van der Waals surface area contributed by atoms with Crippen molar-refractivity contribution in [3.05, 3.63) is 105 Å². The highest BCUT2D eigenvalue weighted by Gasteiger charge is 2.42. The Balaban J connectivity index is 1.49. The number of rotatable bonds is 5. The van der Waals surface area contributed by atoms with E-state index in [4.69, 9.17) is 12.2 Å². The number of hydrogen-bond acceptors (Lipinski definition) is 4. The van der Waals surface area contributed by atoms with Gasteiger partial charge in [0.1, 0.15) is 4.32 Å². The van der Waals surface area contributed by atoms with E-state index in [1.807, 2.05) is 78.9 Å². The molecule has 0 saturated carbocycles. The fourth-order valence-electron chi connectivity index (χ4n) is 4.07. The molecular weight excluding hydrogens is 516 g/mol. The predicted octanol–water partition coefficient (Wildman–Crippen LogP) is 5.81. The van der Waals surface area contributed by atoms with Crippen LogP contribution < -0.4 is 4.90 Å². The number of thiocarbonyl (C=S) groups is 1. The van der Waals surface area contributed by atoms with Gasteiger partial charge in [0.05, 0.1) is 22.7 Å². The molecule has 2 aliphatic heterocycles. The maximum atomic E-state index is 13.6. The minimum Gasteiger partial charge on any atom is -0.303 e. The molecule has 5 rings (SSSR count). The average molecular weight is 535 g/mol. The van der Waals surface area contributed by atoms with Gasteiger partial charge in [-0.1, -0.05) is 101 Å². The molecule has 2 heterocycles. The van der Waals surface area contributed by atoms with Crippen molar-refractivity contribution in [1.82, 2.24) is 4.90 Å². The maximum Gasteiger partial charge on any atom is 0.267 e. The molecule has 0 atom stereocenters. The second-order valence-electron chi connectivity index (χ2n) is 7.80. The Morgan fingerprint density at radius 2 is 1.48 bits per heavy atom. The summed E-state index contributed by atoms with van der Waals surface area (Å²) in [7, 11) is 0. The van der Waals surface area contributed by atoms with Crippen molar-refractivity contribution in [2.24, 2.45) is 0 Å². The molecule has 0 bridgehead atoms. The van der Waals surface area contributed by atoms with Crippen LogP contribution >= 0.6 is 39.9 Å². The van der Waals surface area contributed by atoms with Crippen LogP contribution in [0.4, 0.5) is 5.69 Å². The molecule has 0 aliphatic carbocycles. The number of nitrogens with zero attached hydrogens (tertiary/aromatic N) is 2. The molecule has 3 aromatic rings. The Morgan fingerprint density at radius 3 is 2.18 bits per heavy atom. The van der Waals surface area contributed by atoms with Gasteiger partial charge in [0.15, 0.2) is 0 Å². The number of fused-ring (bicyclic) bond motifs is 1. The van der Waals surface area contributed by atoms with Crippen LogP contribution in [0.3, 0.4) is 0 Å². The molecule has 0 spiro atoms. The van der Waals surface area contributed by atoms with E-state index in [0.29, 0.717) is 34.3 Å². The van der Waals surface area contributed by atoms with E-state index in [9.17, 15) is 9.59 Å². The Labute approximate surface area is 210 Å². The molecule has 0 unspecified atom stereocenters. The first-order valence-electron chi connectivity index (χ1n) is 10.5. The third-order valence-electron chi connectivity index (χ3n) is 5.70. The van der Waals surface area contributed by atoms with E-state index in [-0.39, 0.29) is 11.8 Å². The van der Waals surface area contributed by atoms with Crippen LogP contribution in [0.5, 0.6) is 0 Å². The fourth-order valence-corrected chi connectivity index (χ4v) is 5.81. The first kappa shape index (κ1) is 22.1. The van der Waals surface area contributed by atoms with Gasteiger partial charge < -0.3 is 4.90 Å². The summed E-state index contributed by atoms with van der Waals surface area (Å²) in [5.41, 5.74) is 4.16. The SMILES string of the molecule is O=C1C(=C2C(=O)N(Cc3ccccc3)c3ccc(Br)cc32)SC(=S)N1CCc1ccccc1. The lowest BCUT2D eigenvalue weighted by Crippen LogP contribution is -2.31. The van der Waals surface area contributed by atoms with Gasteiger partial charge >= 0.3 is 0 Å². The molecule has 4 nitrogen and oxygen atoms in total. The van der Waals surface area contributed by atoms with Gasteiger partial charge in [0, 0.05) is 16.6 Å². The Hall–Kier alpha value is -2.74. The van der Waals surface area contributed by atoms with Gasteiger partial charge in [-0.05, 0) is 35.7 Å². The van der Waals surface area contributed by atoms with E-state index in [1.165, 1.54) is 11.8 Å². The van der Waals surface area contributed by atoms with E-state index in [2.05, 4.69) is 15.9 Å². The summed E-state index contributed by atoms with van der Waals surface area (Å²) in [6.45, 7) is 0.921. The third-order valence-corrected chi connectivity index (χ3v) is 7.65. The predicted molar refractivity (Wildman–Crippen MR) is 141 cm³/mol. The monoisotopic (exact) mass is 534 g/mol. The first-order chi connectivity index (χ1) is 16.0. The van der Waals surface area contributed by atoms with Crippen molar-refractivity contribution in [3.8, 4) is 0 Å². The summed E-state index contributed by atoms with van der Waals surface area (Å²) in [6, 6.07) is 25.6. The number of benzene rings is 3. The van der Waals surface area contributed by atoms with E-state index < -0.39 is 0 Å². The van der Waals surface area contributed by atoms with Gasteiger partial charge in [-0.15, -0.1) is 0 Å². The largest absolute Gasteiger partial charge is 0.303 e. The van der Waals surface area contributed by atoms with Gasteiger partial charge in [-0.2, -0.15) is 0 Å². The number of anilines is 1. The van der Waals surface area contributed by atoms with Crippen molar-refractivity contribution in [2.45, 2.75) is 13.0 Å². The molecule has 3 aromatic carbocycles. The number of carbonyl (C=O) groups is 2. The zero-order valence-electron chi connectivity index (χ0n) is 17.5. The maximum absolute atomic E-state index is 13.6. The molecule has 1 saturated heterocycles. The van der Waals surface area contributed by atoms with E-state index in [1.54, 1.807) is 9.80 Å². The Morgan fingerprint density at radius 1 is 0.818 bits per heavy atom. The second kappa shape index (κ2) is 9.25. The second-order valence-corrected chi connectivity index (χ2v) is 10.4. The number of amides is 2. The van der Waals surface area contributed by atoms with Crippen LogP contribution in [0.25, 0.3) is 5.57 Å². The van der Waals surface area contributed by atoms with Crippen molar-refractivity contribution < 1.29 is 9.59 Å². The third kappa shape index (κ3) is 4.28. The zero-order valence-corrected chi connectivity index (χ0v) is 20.8. The molecule has 1 fully saturated rings. The van der Waals surface area contributed by atoms with Crippen LogP contribution in [-0.4, -0.2) is 27.6 Å².